The molecule has 0 aliphatic carbocycles. The van der Waals surface area contributed by atoms with Crippen molar-refractivity contribution in [1.82, 2.24) is 14.9 Å². The molecule has 3 aromatic carbocycles. The number of thiocarbonyl (C=S) groups is 1. The number of nitrogens with one attached hydrogen (secondary N) is 1. The standard InChI is InChI=1S/C33H28N4O3S/c1-22-10-3-6-15-29(22)40-24-18-16-23(17-19-24)37-31(30(35-33(37)41)26-12-7-8-20-34-26)28-14-9-21-36(28)27-13-5-4-11-25(27)32(38)39-2/h3-21,30-31H,1-2H3,(H,35,41)/t30-,31+/m1/s1. The van der Waals surface area contributed by atoms with Crippen molar-refractivity contribution in [3.63, 3.8) is 0 Å². The number of para-hydroxylation sites is 2. The zero-order chi connectivity index (χ0) is 28.3. The monoisotopic (exact) mass is 560 g/mol. The number of carbonyl (C=O) groups excluding carboxylic acids is 1. The van der Waals surface area contributed by atoms with Crippen molar-refractivity contribution >= 4 is 29.0 Å². The van der Waals surface area contributed by atoms with E-state index in [2.05, 4.69) is 15.2 Å². The zero-order valence-corrected chi connectivity index (χ0v) is 23.4. The summed E-state index contributed by atoms with van der Waals surface area (Å²) in [6.07, 6.45) is 3.73. The third-order valence-corrected chi connectivity index (χ3v) is 7.50. The first kappa shape index (κ1) is 26.3. The lowest BCUT2D eigenvalue weighted by molar-refractivity contribution is 0.0600. The molecule has 0 unspecified atom stereocenters. The second-order valence-electron chi connectivity index (χ2n) is 9.67. The highest BCUT2D eigenvalue weighted by molar-refractivity contribution is 7.80. The Labute approximate surface area is 244 Å². The Bertz CT molecular complexity index is 1700. The molecular weight excluding hydrogens is 532 g/mol. The first-order valence-electron chi connectivity index (χ1n) is 13.2. The van der Waals surface area contributed by atoms with E-state index in [1.165, 1.54) is 7.11 Å². The van der Waals surface area contributed by atoms with Crippen LogP contribution in [-0.4, -0.2) is 27.7 Å². The number of pyridine rings is 1. The fraction of sp³-hybridized carbons (Fsp3) is 0.121. The van der Waals surface area contributed by atoms with Gasteiger partial charge >= 0.3 is 5.97 Å². The molecule has 1 fully saturated rings. The number of ether oxygens (including phenoxy) is 2. The van der Waals surface area contributed by atoms with Gasteiger partial charge in [0.15, 0.2) is 5.11 Å². The molecule has 0 amide bonds. The van der Waals surface area contributed by atoms with Crippen LogP contribution in [0.5, 0.6) is 11.5 Å². The molecule has 2 atom stereocenters. The molecule has 1 N–H and O–H groups in total. The Balaban J connectivity index is 1.43. The minimum absolute atomic E-state index is 0.245. The van der Waals surface area contributed by atoms with Crippen LogP contribution in [0.25, 0.3) is 5.69 Å². The maximum absolute atomic E-state index is 12.7. The number of methoxy groups -OCH3 is 1. The zero-order valence-electron chi connectivity index (χ0n) is 22.6. The van der Waals surface area contributed by atoms with E-state index in [9.17, 15) is 4.79 Å². The van der Waals surface area contributed by atoms with Crippen molar-refractivity contribution in [2.75, 3.05) is 12.0 Å². The molecule has 2 aromatic heterocycles. The molecule has 1 aliphatic heterocycles. The van der Waals surface area contributed by atoms with E-state index in [-0.39, 0.29) is 12.1 Å². The topological polar surface area (TPSA) is 68.6 Å². The molecule has 0 bridgehead atoms. The van der Waals surface area contributed by atoms with Crippen LogP contribution < -0.4 is 15.0 Å². The fourth-order valence-corrected chi connectivity index (χ4v) is 5.57. The number of esters is 1. The number of carbonyl (C=O) groups is 1. The van der Waals surface area contributed by atoms with Gasteiger partial charge in [0.05, 0.1) is 30.1 Å². The predicted molar refractivity (Wildman–Crippen MR) is 163 cm³/mol. The Hall–Kier alpha value is -4.95. The number of aryl methyl sites for hydroxylation is 1. The summed E-state index contributed by atoms with van der Waals surface area (Å²) in [7, 11) is 1.39. The van der Waals surface area contributed by atoms with E-state index in [1.807, 2.05) is 115 Å². The lowest BCUT2D eigenvalue weighted by atomic mass is 10.0. The summed E-state index contributed by atoms with van der Waals surface area (Å²) in [5.74, 6) is 1.14. The smallest absolute Gasteiger partial charge is 0.339 e. The third-order valence-electron chi connectivity index (χ3n) is 7.19. The average Bonchev–Trinajstić information content (AvgIpc) is 3.63. The Morgan fingerprint density at radius 1 is 0.902 bits per heavy atom. The highest BCUT2D eigenvalue weighted by Gasteiger charge is 2.42. The SMILES string of the molecule is COC(=O)c1ccccc1-n1cccc1[C@H]1[C@@H](c2ccccn2)NC(=S)N1c1ccc(Oc2ccccc2C)cc1. The normalized spacial score (nSPS) is 16.3. The molecule has 8 heteroatoms. The number of anilines is 1. The minimum atomic E-state index is -0.400. The lowest BCUT2D eigenvalue weighted by Crippen LogP contribution is -2.30. The van der Waals surface area contributed by atoms with Crippen LogP contribution in [0.15, 0.2) is 116 Å². The van der Waals surface area contributed by atoms with Crippen molar-refractivity contribution in [2.24, 2.45) is 0 Å². The van der Waals surface area contributed by atoms with Crippen LogP contribution in [0.3, 0.4) is 0 Å². The van der Waals surface area contributed by atoms with Gasteiger partial charge in [0, 0.05) is 23.8 Å². The molecular formula is C33H28N4O3S. The Morgan fingerprint density at radius 2 is 1.66 bits per heavy atom. The third kappa shape index (κ3) is 5.05. The minimum Gasteiger partial charge on any atom is -0.465 e. The Kier molecular flexibility index (Phi) is 7.22. The highest BCUT2D eigenvalue weighted by atomic mass is 32.1. The van der Waals surface area contributed by atoms with E-state index in [4.69, 9.17) is 21.7 Å². The van der Waals surface area contributed by atoms with E-state index >= 15 is 0 Å². The summed E-state index contributed by atoms with van der Waals surface area (Å²) < 4.78 is 13.2. The number of hydrogen-bond acceptors (Lipinski definition) is 5. The van der Waals surface area contributed by atoms with Gasteiger partial charge in [-0.05, 0) is 91.4 Å². The van der Waals surface area contributed by atoms with E-state index in [1.54, 1.807) is 12.3 Å². The first-order valence-corrected chi connectivity index (χ1v) is 13.6. The molecule has 0 spiro atoms. The summed E-state index contributed by atoms with van der Waals surface area (Å²) >= 11 is 5.92. The van der Waals surface area contributed by atoms with Crippen LogP contribution in [0.1, 0.15) is 39.4 Å². The van der Waals surface area contributed by atoms with Crippen LogP contribution in [0, 0.1) is 6.92 Å². The largest absolute Gasteiger partial charge is 0.465 e. The van der Waals surface area contributed by atoms with Gasteiger partial charge in [-0.25, -0.2) is 4.79 Å². The van der Waals surface area contributed by atoms with Gasteiger partial charge in [-0.1, -0.05) is 36.4 Å². The molecule has 6 rings (SSSR count). The summed E-state index contributed by atoms with van der Waals surface area (Å²) in [4.78, 5) is 19.4. The first-order chi connectivity index (χ1) is 20.0. The molecule has 3 heterocycles. The van der Waals surface area contributed by atoms with Crippen LogP contribution >= 0.6 is 12.2 Å². The summed E-state index contributed by atoms with van der Waals surface area (Å²) in [6.45, 7) is 2.02. The number of aromatic nitrogens is 2. The van der Waals surface area contributed by atoms with Crippen molar-refractivity contribution < 1.29 is 14.3 Å². The van der Waals surface area contributed by atoms with Gasteiger partial charge < -0.3 is 24.3 Å². The fourth-order valence-electron chi connectivity index (χ4n) is 5.23. The van der Waals surface area contributed by atoms with Crippen LogP contribution in [0.4, 0.5) is 5.69 Å². The van der Waals surface area contributed by atoms with Crippen molar-refractivity contribution in [1.29, 1.82) is 0 Å². The predicted octanol–water partition coefficient (Wildman–Crippen LogP) is 6.94. The van der Waals surface area contributed by atoms with Crippen molar-refractivity contribution in [3.05, 3.63) is 138 Å². The van der Waals surface area contributed by atoms with Gasteiger partial charge in [0.2, 0.25) is 0 Å². The molecule has 0 radical (unpaired) electrons. The maximum atomic E-state index is 12.7. The number of benzene rings is 3. The molecule has 1 saturated heterocycles. The highest BCUT2D eigenvalue weighted by Crippen LogP contribution is 2.43. The summed E-state index contributed by atoms with van der Waals surface area (Å²) in [5.41, 5.74) is 4.95. The second kappa shape index (κ2) is 11.3. The molecule has 1 aliphatic rings. The molecule has 204 valence electrons. The lowest BCUT2D eigenvalue weighted by Gasteiger charge is -2.29. The van der Waals surface area contributed by atoms with Crippen LogP contribution in [0.2, 0.25) is 0 Å². The van der Waals surface area contributed by atoms with Gasteiger partial charge in [-0.2, -0.15) is 0 Å². The van der Waals surface area contributed by atoms with Crippen LogP contribution in [-0.2, 0) is 4.74 Å². The summed E-state index contributed by atoms with van der Waals surface area (Å²) in [5, 5.41) is 4.08. The van der Waals surface area contributed by atoms with E-state index in [0.29, 0.717) is 10.7 Å². The van der Waals surface area contributed by atoms with Gasteiger partial charge in [-0.15, -0.1) is 0 Å². The van der Waals surface area contributed by atoms with Crippen molar-refractivity contribution in [2.45, 2.75) is 19.0 Å². The van der Waals surface area contributed by atoms with Gasteiger partial charge in [0.1, 0.15) is 17.5 Å². The van der Waals surface area contributed by atoms with E-state index in [0.717, 1.165) is 39.8 Å². The average molecular weight is 561 g/mol. The van der Waals surface area contributed by atoms with Gasteiger partial charge in [-0.3, -0.25) is 4.98 Å². The number of rotatable bonds is 7. The number of nitrogens with zero attached hydrogens (tertiary/aromatic N) is 3. The quantitative estimate of drug-likeness (QED) is 0.171. The molecule has 5 aromatic rings. The molecule has 7 nitrogen and oxygen atoms in total. The summed E-state index contributed by atoms with van der Waals surface area (Å²) in [6, 6.07) is 32.6. The molecule has 41 heavy (non-hydrogen) atoms. The van der Waals surface area contributed by atoms with Crippen molar-refractivity contribution in [3.8, 4) is 17.2 Å². The van der Waals surface area contributed by atoms with Gasteiger partial charge in [0.25, 0.3) is 0 Å². The molecule has 0 saturated carbocycles. The Morgan fingerprint density at radius 3 is 2.41 bits per heavy atom. The maximum Gasteiger partial charge on any atom is 0.339 e. The second-order valence-corrected chi connectivity index (χ2v) is 10.1. The number of hydrogen-bond donors (Lipinski definition) is 1. The van der Waals surface area contributed by atoms with E-state index < -0.39 is 5.97 Å².